The lowest BCUT2D eigenvalue weighted by Crippen LogP contribution is -2.29. The number of rotatable bonds is 7. The smallest absolute Gasteiger partial charge is 0.273 e. The number of hydrogen-bond acceptors (Lipinski definition) is 8. The van der Waals surface area contributed by atoms with Crippen molar-refractivity contribution in [3.63, 3.8) is 0 Å². The van der Waals surface area contributed by atoms with Gasteiger partial charge in [0.15, 0.2) is 5.69 Å². The van der Waals surface area contributed by atoms with Crippen molar-refractivity contribution in [3.05, 3.63) is 48.7 Å². The Balaban J connectivity index is 1.47. The summed E-state index contributed by atoms with van der Waals surface area (Å²) >= 11 is 0. The summed E-state index contributed by atoms with van der Waals surface area (Å²) in [6.07, 6.45) is 4.71. The van der Waals surface area contributed by atoms with Gasteiger partial charge in [0, 0.05) is 32.4 Å². The van der Waals surface area contributed by atoms with Crippen LogP contribution in [-0.4, -0.2) is 48.9 Å². The molecule has 3 heterocycles. The van der Waals surface area contributed by atoms with Gasteiger partial charge in [-0.2, -0.15) is 0 Å². The van der Waals surface area contributed by atoms with E-state index in [9.17, 15) is 4.79 Å². The molecule has 0 unspecified atom stereocenters. The molecule has 3 aromatic rings. The second kappa shape index (κ2) is 7.81. The lowest BCUT2D eigenvalue weighted by Gasteiger charge is -2.08. The van der Waals surface area contributed by atoms with E-state index in [4.69, 9.17) is 0 Å². The van der Waals surface area contributed by atoms with Crippen LogP contribution in [0.5, 0.6) is 0 Å². The number of pyridine rings is 1. The van der Waals surface area contributed by atoms with Crippen LogP contribution in [0.1, 0.15) is 10.5 Å². The van der Waals surface area contributed by atoms with Crippen LogP contribution in [0, 0.1) is 0 Å². The highest BCUT2D eigenvalue weighted by Crippen LogP contribution is 2.13. The number of nitrogens with one attached hydrogen (secondary N) is 3. The standard InChI is InChI=1S/C15H17N9O/c1-24-9-11(22-23-24)15(25)18-7-6-17-13-8-14(20-10-19-13)21-12-4-2-3-5-16-12/h2-5,8-10H,6-7H2,1H3,(H,18,25)(H2,16,17,19,20,21). The molecule has 0 aromatic carbocycles. The van der Waals surface area contributed by atoms with E-state index < -0.39 is 0 Å². The predicted molar refractivity (Wildman–Crippen MR) is 91.4 cm³/mol. The summed E-state index contributed by atoms with van der Waals surface area (Å²) in [5, 5.41) is 16.4. The van der Waals surface area contributed by atoms with E-state index in [1.807, 2.05) is 18.2 Å². The second-order valence-electron chi connectivity index (χ2n) is 5.09. The maximum absolute atomic E-state index is 11.8. The molecular weight excluding hydrogens is 322 g/mol. The summed E-state index contributed by atoms with van der Waals surface area (Å²) in [6.45, 7) is 0.925. The van der Waals surface area contributed by atoms with Gasteiger partial charge in [-0.05, 0) is 12.1 Å². The first kappa shape index (κ1) is 16.3. The minimum Gasteiger partial charge on any atom is -0.368 e. The molecule has 0 atom stereocenters. The van der Waals surface area contributed by atoms with Crippen LogP contribution in [-0.2, 0) is 7.05 Å². The van der Waals surface area contributed by atoms with Gasteiger partial charge >= 0.3 is 0 Å². The van der Waals surface area contributed by atoms with E-state index >= 15 is 0 Å². The molecular formula is C15H17N9O. The molecule has 128 valence electrons. The average Bonchev–Trinajstić information content (AvgIpc) is 3.06. The second-order valence-corrected chi connectivity index (χ2v) is 5.09. The first-order valence-electron chi connectivity index (χ1n) is 7.59. The molecule has 0 spiro atoms. The van der Waals surface area contributed by atoms with Gasteiger partial charge in [0.2, 0.25) is 0 Å². The number of aryl methyl sites for hydroxylation is 1. The summed E-state index contributed by atoms with van der Waals surface area (Å²) < 4.78 is 1.48. The van der Waals surface area contributed by atoms with Crippen LogP contribution >= 0.6 is 0 Å². The van der Waals surface area contributed by atoms with Gasteiger partial charge < -0.3 is 16.0 Å². The zero-order chi connectivity index (χ0) is 17.5. The number of anilines is 3. The Labute approximate surface area is 143 Å². The molecule has 0 fully saturated rings. The van der Waals surface area contributed by atoms with E-state index in [0.717, 1.165) is 0 Å². The minimum absolute atomic E-state index is 0.268. The largest absolute Gasteiger partial charge is 0.368 e. The van der Waals surface area contributed by atoms with E-state index in [1.54, 1.807) is 25.5 Å². The summed E-state index contributed by atoms with van der Waals surface area (Å²) in [6, 6.07) is 7.33. The van der Waals surface area contributed by atoms with Crippen molar-refractivity contribution in [1.29, 1.82) is 0 Å². The van der Waals surface area contributed by atoms with Crippen LogP contribution in [0.2, 0.25) is 0 Å². The number of amides is 1. The molecule has 0 aliphatic heterocycles. The molecule has 0 aliphatic carbocycles. The lowest BCUT2D eigenvalue weighted by atomic mass is 10.4. The normalized spacial score (nSPS) is 10.3. The first-order chi connectivity index (χ1) is 12.2. The summed E-state index contributed by atoms with van der Waals surface area (Å²) in [5.41, 5.74) is 0.284. The molecule has 1 amide bonds. The van der Waals surface area contributed by atoms with Crippen LogP contribution in [0.25, 0.3) is 0 Å². The summed E-state index contributed by atoms with van der Waals surface area (Å²) in [7, 11) is 1.71. The molecule has 10 nitrogen and oxygen atoms in total. The van der Waals surface area contributed by atoms with Crippen LogP contribution in [0.15, 0.2) is 43.0 Å². The maximum Gasteiger partial charge on any atom is 0.273 e. The van der Waals surface area contributed by atoms with E-state index in [-0.39, 0.29) is 11.6 Å². The molecule has 0 saturated carbocycles. The molecule has 25 heavy (non-hydrogen) atoms. The molecule has 3 rings (SSSR count). The SMILES string of the molecule is Cn1cc(C(=O)NCCNc2cc(Nc3ccccn3)ncn2)nn1. The first-order valence-corrected chi connectivity index (χ1v) is 7.59. The summed E-state index contributed by atoms with van der Waals surface area (Å²) in [5.74, 6) is 1.69. The highest BCUT2D eigenvalue weighted by atomic mass is 16.2. The molecule has 3 N–H and O–H groups in total. The van der Waals surface area contributed by atoms with Crippen LogP contribution < -0.4 is 16.0 Å². The highest BCUT2D eigenvalue weighted by Gasteiger charge is 2.08. The van der Waals surface area contributed by atoms with Crippen LogP contribution in [0.3, 0.4) is 0 Å². The van der Waals surface area contributed by atoms with Crippen molar-refractivity contribution in [2.45, 2.75) is 0 Å². The minimum atomic E-state index is -0.268. The number of hydrogen-bond donors (Lipinski definition) is 3. The monoisotopic (exact) mass is 339 g/mol. The van der Waals surface area contributed by atoms with E-state index in [0.29, 0.717) is 30.5 Å². The zero-order valence-corrected chi connectivity index (χ0v) is 13.5. The molecule has 0 aliphatic rings. The third-order valence-corrected chi connectivity index (χ3v) is 3.14. The Morgan fingerprint density at radius 2 is 2.00 bits per heavy atom. The molecule has 0 radical (unpaired) electrons. The van der Waals surface area contributed by atoms with Crippen molar-refractivity contribution < 1.29 is 4.79 Å². The molecule has 0 saturated heterocycles. The van der Waals surface area contributed by atoms with Crippen molar-refractivity contribution in [2.75, 3.05) is 23.7 Å². The third-order valence-electron chi connectivity index (χ3n) is 3.14. The Morgan fingerprint density at radius 1 is 1.12 bits per heavy atom. The maximum atomic E-state index is 11.8. The fourth-order valence-corrected chi connectivity index (χ4v) is 2.00. The third kappa shape index (κ3) is 4.70. The fraction of sp³-hybridized carbons (Fsp3) is 0.200. The Morgan fingerprint density at radius 3 is 2.76 bits per heavy atom. The topological polar surface area (TPSA) is 123 Å². The number of aromatic nitrogens is 6. The summed E-state index contributed by atoms with van der Waals surface area (Å²) in [4.78, 5) is 24.3. The van der Waals surface area contributed by atoms with Crippen molar-refractivity contribution >= 4 is 23.4 Å². The number of nitrogens with zero attached hydrogens (tertiary/aromatic N) is 6. The van der Waals surface area contributed by atoms with Crippen LogP contribution in [0.4, 0.5) is 17.5 Å². The predicted octanol–water partition coefficient (Wildman–Crippen LogP) is 0.586. The fourth-order valence-electron chi connectivity index (χ4n) is 2.00. The highest BCUT2D eigenvalue weighted by molar-refractivity contribution is 5.91. The quantitative estimate of drug-likeness (QED) is 0.534. The van der Waals surface area contributed by atoms with Gasteiger partial charge in [-0.15, -0.1) is 5.10 Å². The Bertz CT molecular complexity index is 834. The van der Waals surface area contributed by atoms with Gasteiger partial charge in [0.1, 0.15) is 23.8 Å². The van der Waals surface area contributed by atoms with Gasteiger partial charge in [0.25, 0.3) is 5.91 Å². The molecule has 10 heteroatoms. The van der Waals surface area contributed by atoms with Crippen molar-refractivity contribution in [1.82, 2.24) is 35.3 Å². The molecule has 3 aromatic heterocycles. The van der Waals surface area contributed by atoms with Gasteiger partial charge in [-0.25, -0.2) is 15.0 Å². The van der Waals surface area contributed by atoms with Gasteiger partial charge in [0.05, 0.1) is 6.20 Å². The Hall–Kier alpha value is -3.56. The van der Waals surface area contributed by atoms with E-state index in [2.05, 4.69) is 41.2 Å². The number of carbonyl (C=O) groups is 1. The zero-order valence-electron chi connectivity index (χ0n) is 13.5. The number of carbonyl (C=O) groups excluding carboxylic acids is 1. The van der Waals surface area contributed by atoms with Crippen molar-refractivity contribution in [2.24, 2.45) is 7.05 Å². The van der Waals surface area contributed by atoms with Gasteiger partial charge in [-0.3, -0.25) is 9.48 Å². The Kier molecular flexibility index (Phi) is 5.10. The van der Waals surface area contributed by atoms with E-state index in [1.165, 1.54) is 11.0 Å². The lowest BCUT2D eigenvalue weighted by molar-refractivity contribution is 0.0950. The average molecular weight is 339 g/mol. The van der Waals surface area contributed by atoms with Gasteiger partial charge in [-0.1, -0.05) is 11.3 Å². The van der Waals surface area contributed by atoms with Crippen molar-refractivity contribution in [3.8, 4) is 0 Å². The molecule has 0 bridgehead atoms.